The molecule has 0 aromatic carbocycles. The van der Waals surface area contributed by atoms with E-state index in [2.05, 4.69) is 4.52 Å². The fourth-order valence-electron chi connectivity index (χ4n) is 1.57. The van der Waals surface area contributed by atoms with E-state index in [-0.39, 0.29) is 12.6 Å². The van der Waals surface area contributed by atoms with Crippen LogP contribution in [0, 0.1) is 0 Å². The molecule has 0 radical (unpaired) electrons. The van der Waals surface area contributed by atoms with Gasteiger partial charge < -0.3 is 19.3 Å². The van der Waals surface area contributed by atoms with Crippen LogP contribution < -0.4 is 0 Å². The first-order valence-electron chi connectivity index (χ1n) is 4.80. The molecule has 16 heavy (non-hydrogen) atoms. The van der Waals surface area contributed by atoms with Crippen molar-refractivity contribution in [1.82, 2.24) is 0 Å². The van der Waals surface area contributed by atoms with Crippen LogP contribution in [0.3, 0.4) is 0 Å². The van der Waals surface area contributed by atoms with Crippen LogP contribution in [-0.4, -0.2) is 48.4 Å². The lowest BCUT2D eigenvalue weighted by molar-refractivity contribution is -0.149. The molecule has 0 bridgehead atoms. The molecular weight excluding hydrogens is 238 g/mol. The summed E-state index contributed by atoms with van der Waals surface area (Å²) in [7, 11) is -2.73. The Balaban J connectivity index is 2.49. The Morgan fingerprint density at radius 2 is 2.25 bits per heavy atom. The quantitative estimate of drug-likeness (QED) is 0.367. The molecule has 1 heterocycles. The Morgan fingerprint density at radius 3 is 2.75 bits per heavy atom. The van der Waals surface area contributed by atoms with Gasteiger partial charge in [-0.05, 0) is 0 Å². The lowest BCUT2D eigenvalue weighted by Gasteiger charge is -2.18. The lowest BCUT2D eigenvalue weighted by atomic mass is 9.96. The maximum atomic E-state index is 10.8. The predicted octanol–water partition coefficient (Wildman–Crippen LogP) is -1.22. The zero-order chi connectivity index (χ0) is 12.3. The monoisotopic (exact) mass is 252 g/mol. The zero-order valence-corrected chi connectivity index (χ0v) is 9.92. The molecule has 0 aliphatic carbocycles. The van der Waals surface area contributed by atoms with E-state index in [4.69, 9.17) is 19.3 Å². The van der Waals surface area contributed by atoms with Crippen molar-refractivity contribution in [2.24, 2.45) is 0 Å². The summed E-state index contributed by atoms with van der Waals surface area (Å²) < 4.78 is 25.1. The highest BCUT2D eigenvalue weighted by molar-refractivity contribution is 7.46. The van der Waals surface area contributed by atoms with Crippen LogP contribution in [0.4, 0.5) is 0 Å². The maximum Gasteiger partial charge on any atom is 0.469 e. The third-order valence-corrected chi connectivity index (χ3v) is 2.60. The molecule has 1 aliphatic heterocycles. The van der Waals surface area contributed by atoms with Gasteiger partial charge in [0.25, 0.3) is 0 Å². The molecule has 7 nitrogen and oxygen atoms in total. The topological polar surface area (TPSA) is 102 Å². The molecule has 92 valence electrons. The average molecular weight is 252 g/mol. The number of esters is 1. The second-order valence-corrected chi connectivity index (χ2v) is 4.89. The summed E-state index contributed by atoms with van der Waals surface area (Å²) in [5.74, 6) is -0.455. The van der Waals surface area contributed by atoms with E-state index in [1.807, 2.05) is 0 Å². The minimum Gasteiger partial charge on any atom is -0.460 e. The first-order valence-corrected chi connectivity index (χ1v) is 6.33. The van der Waals surface area contributed by atoms with Crippen molar-refractivity contribution in [3.8, 4) is 0 Å². The van der Waals surface area contributed by atoms with E-state index < -0.39 is 26.0 Å². The number of carbonyl (C=O) groups excluding carboxylic acids is 1. The number of phosphoric ester groups is 1. The summed E-state index contributed by atoms with van der Waals surface area (Å²) in [6.45, 7) is 0.969. The number of ether oxygens (including phenoxy) is 2. The molecular formula is C7H14BO7P. The highest BCUT2D eigenvalue weighted by Crippen LogP contribution is 2.37. The van der Waals surface area contributed by atoms with Crippen LogP contribution in [0.1, 0.15) is 13.3 Å². The van der Waals surface area contributed by atoms with Gasteiger partial charge in [0, 0.05) is 19.3 Å². The summed E-state index contributed by atoms with van der Waals surface area (Å²) in [5, 5.41) is 0. The molecule has 0 aromatic rings. The van der Waals surface area contributed by atoms with Gasteiger partial charge in [0.05, 0.1) is 6.61 Å². The molecule has 0 spiro atoms. The molecule has 1 rings (SSSR count). The fraction of sp³-hybridized carbons (Fsp3) is 0.857. The second kappa shape index (κ2) is 5.29. The standard InChI is InChI=1S/C7H14BO7P/c1-4(9)14-5-2-7(8)15-6(5)3-13-16(10,11)12/h5-7H,2-3,8H2,1H3,(H2,10,11,12)/t5?,6-,7-/m1/s1. The van der Waals surface area contributed by atoms with Crippen LogP contribution in [0.25, 0.3) is 0 Å². The summed E-state index contributed by atoms with van der Waals surface area (Å²) in [4.78, 5) is 27.9. The van der Waals surface area contributed by atoms with Crippen molar-refractivity contribution in [3.63, 3.8) is 0 Å². The molecule has 9 heteroatoms. The van der Waals surface area contributed by atoms with Crippen molar-refractivity contribution in [3.05, 3.63) is 0 Å². The minimum atomic E-state index is -4.52. The lowest BCUT2D eigenvalue weighted by Crippen LogP contribution is -2.30. The number of rotatable bonds is 4. The van der Waals surface area contributed by atoms with Crippen LogP contribution in [0.15, 0.2) is 0 Å². The average Bonchev–Trinajstić information content (AvgIpc) is 2.40. The molecule has 0 saturated carbocycles. The fourth-order valence-corrected chi connectivity index (χ4v) is 1.92. The third kappa shape index (κ3) is 4.63. The highest BCUT2D eigenvalue weighted by atomic mass is 31.2. The molecule has 1 saturated heterocycles. The van der Waals surface area contributed by atoms with Gasteiger partial charge in [-0.25, -0.2) is 4.57 Å². The van der Waals surface area contributed by atoms with Crippen LogP contribution in [0.5, 0.6) is 0 Å². The highest BCUT2D eigenvalue weighted by Gasteiger charge is 2.36. The first kappa shape index (κ1) is 13.7. The largest absolute Gasteiger partial charge is 0.469 e. The van der Waals surface area contributed by atoms with Crippen molar-refractivity contribution in [2.45, 2.75) is 31.6 Å². The van der Waals surface area contributed by atoms with Crippen molar-refractivity contribution in [1.29, 1.82) is 0 Å². The molecule has 1 fully saturated rings. The molecule has 0 amide bonds. The second-order valence-electron chi connectivity index (χ2n) is 3.66. The Labute approximate surface area is 93.7 Å². The van der Waals surface area contributed by atoms with E-state index in [0.29, 0.717) is 6.42 Å². The summed E-state index contributed by atoms with van der Waals surface area (Å²) in [6, 6.07) is -0.130. The Kier molecular flexibility index (Phi) is 4.52. The van der Waals surface area contributed by atoms with Crippen molar-refractivity contribution in [2.75, 3.05) is 6.61 Å². The van der Waals surface area contributed by atoms with E-state index in [9.17, 15) is 9.36 Å². The Hall–Kier alpha value is -0.395. The summed E-state index contributed by atoms with van der Waals surface area (Å²) in [6.07, 6.45) is -0.653. The molecule has 0 aromatic heterocycles. The van der Waals surface area contributed by atoms with Gasteiger partial charge in [-0.3, -0.25) is 9.32 Å². The number of carbonyl (C=O) groups is 1. The third-order valence-electron chi connectivity index (χ3n) is 2.11. The maximum absolute atomic E-state index is 10.8. The van der Waals surface area contributed by atoms with Gasteiger partial charge in [0.1, 0.15) is 20.1 Å². The van der Waals surface area contributed by atoms with Gasteiger partial charge in [-0.1, -0.05) is 0 Å². The minimum absolute atomic E-state index is 0.130. The normalized spacial score (nSPS) is 30.3. The van der Waals surface area contributed by atoms with Gasteiger partial charge in [0.2, 0.25) is 0 Å². The molecule has 2 N–H and O–H groups in total. The van der Waals surface area contributed by atoms with Crippen LogP contribution in [-0.2, 0) is 23.4 Å². The smallest absolute Gasteiger partial charge is 0.460 e. The Morgan fingerprint density at radius 1 is 1.62 bits per heavy atom. The van der Waals surface area contributed by atoms with Gasteiger partial charge in [0.15, 0.2) is 0 Å². The SMILES string of the molecule is B[C@H]1CC(OC(C)=O)[C@@H](COP(=O)(O)O)O1. The number of hydrogen-bond donors (Lipinski definition) is 2. The van der Waals surface area contributed by atoms with Gasteiger partial charge in [-0.2, -0.15) is 0 Å². The summed E-state index contributed by atoms with van der Waals surface area (Å²) >= 11 is 0. The number of hydrogen-bond acceptors (Lipinski definition) is 5. The van der Waals surface area contributed by atoms with E-state index in [1.165, 1.54) is 6.92 Å². The summed E-state index contributed by atoms with van der Waals surface area (Å²) in [5.41, 5.74) is 0. The van der Waals surface area contributed by atoms with E-state index >= 15 is 0 Å². The number of phosphoric acid groups is 1. The van der Waals surface area contributed by atoms with Gasteiger partial charge >= 0.3 is 13.8 Å². The van der Waals surface area contributed by atoms with Crippen molar-refractivity contribution >= 4 is 21.6 Å². The van der Waals surface area contributed by atoms with Crippen molar-refractivity contribution < 1.29 is 33.1 Å². The Bertz CT molecular complexity index is 303. The molecule has 3 atom stereocenters. The van der Waals surface area contributed by atoms with Crippen LogP contribution >= 0.6 is 7.82 Å². The zero-order valence-electron chi connectivity index (χ0n) is 9.03. The molecule has 1 aliphatic rings. The van der Waals surface area contributed by atoms with Crippen LogP contribution in [0.2, 0.25) is 0 Å². The van der Waals surface area contributed by atoms with E-state index in [1.54, 1.807) is 7.85 Å². The van der Waals surface area contributed by atoms with Gasteiger partial charge in [-0.15, -0.1) is 0 Å². The molecule has 1 unspecified atom stereocenters. The first-order chi connectivity index (χ1) is 7.28. The predicted molar refractivity (Wildman–Crippen MR) is 55.4 cm³/mol. The van der Waals surface area contributed by atoms with E-state index in [0.717, 1.165) is 0 Å².